The third kappa shape index (κ3) is 3.96. The lowest BCUT2D eigenvalue weighted by Crippen LogP contribution is -2.47. The fourth-order valence-electron chi connectivity index (χ4n) is 3.88. The van der Waals surface area contributed by atoms with E-state index in [4.69, 9.17) is 5.73 Å². The number of hydrogen-bond donors (Lipinski definition) is 1. The topological polar surface area (TPSA) is 52.8 Å². The Kier molecular flexibility index (Phi) is 5.91. The fraction of sp³-hybridized carbons (Fsp3) is 0.632. The number of piperidine rings is 1. The maximum Gasteiger partial charge on any atom is 0.254 e. The number of carbonyl (C=O) groups excluding carboxylic acids is 1. The molecule has 5 nitrogen and oxygen atoms in total. The van der Waals surface area contributed by atoms with Gasteiger partial charge in [0.25, 0.3) is 5.91 Å². The number of benzene rings is 1. The van der Waals surface area contributed by atoms with Gasteiger partial charge in [-0.3, -0.25) is 4.79 Å². The molecule has 1 amide bonds. The van der Waals surface area contributed by atoms with Crippen molar-refractivity contribution in [3.05, 3.63) is 29.6 Å². The lowest BCUT2D eigenvalue weighted by Gasteiger charge is -2.36. The van der Waals surface area contributed by atoms with Crippen LogP contribution in [0.2, 0.25) is 0 Å². The van der Waals surface area contributed by atoms with Crippen molar-refractivity contribution >= 4 is 11.6 Å². The van der Waals surface area contributed by atoms with E-state index in [-0.39, 0.29) is 17.8 Å². The Labute approximate surface area is 149 Å². The van der Waals surface area contributed by atoms with E-state index in [1.54, 1.807) is 12.1 Å². The highest BCUT2D eigenvalue weighted by atomic mass is 19.1. The molecule has 0 bridgehead atoms. The van der Waals surface area contributed by atoms with Crippen molar-refractivity contribution < 1.29 is 9.18 Å². The van der Waals surface area contributed by atoms with Gasteiger partial charge in [-0.05, 0) is 44.0 Å². The number of rotatable bonds is 4. The normalized spacial score (nSPS) is 22.3. The predicted octanol–water partition coefficient (Wildman–Crippen LogP) is 1.92. The highest BCUT2D eigenvalue weighted by Crippen LogP contribution is 2.24. The SMILES string of the molecule is CCN1CCN(c2ccc(C(=O)N3CCCC[C@H]3CN)cc2F)CC1. The molecule has 1 atom stereocenters. The minimum Gasteiger partial charge on any atom is -0.367 e. The number of piperazine rings is 1. The van der Waals surface area contributed by atoms with Crippen LogP contribution in [0.3, 0.4) is 0 Å². The Morgan fingerprint density at radius 1 is 1.20 bits per heavy atom. The summed E-state index contributed by atoms with van der Waals surface area (Å²) in [6.07, 6.45) is 3.03. The van der Waals surface area contributed by atoms with E-state index in [1.807, 2.05) is 4.90 Å². The molecule has 1 aromatic carbocycles. The molecule has 2 heterocycles. The van der Waals surface area contributed by atoms with Crippen LogP contribution in [0.15, 0.2) is 18.2 Å². The fourth-order valence-corrected chi connectivity index (χ4v) is 3.88. The average Bonchev–Trinajstić information content (AvgIpc) is 2.67. The molecule has 0 aliphatic carbocycles. The van der Waals surface area contributed by atoms with Gasteiger partial charge in [0, 0.05) is 50.9 Å². The molecule has 138 valence electrons. The molecule has 2 saturated heterocycles. The van der Waals surface area contributed by atoms with Gasteiger partial charge in [-0.15, -0.1) is 0 Å². The first-order chi connectivity index (χ1) is 12.1. The molecule has 2 fully saturated rings. The number of halogens is 1. The van der Waals surface area contributed by atoms with Crippen LogP contribution in [-0.2, 0) is 0 Å². The minimum atomic E-state index is -0.308. The van der Waals surface area contributed by atoms with Crippen molar-refractivity contribution in [1.29, 1.82) is 0 Å². The summed E-state index contributed by atoms with van der Waals surface area (Å²) in [5.74, 6) is -0.409. The summed E-state index contributed by atoms with van der Waals surface area (Å²) >= 11 is 0. The molecular formula is C19H29FN4O. The van der Waals surface area contributed by atoms with Crippen LogP contribution in [0.1, 0.15) is 36.5 Å². The highest BCUT2D eigenvalue weighted by molar-refractivity contribution is 5.95. The molecule has 2 N–H and O–H groups in total. The lowest BCUT2D eigenvalue weighted by atomic mass is 10.0. The smallest absolute Gasteiger partial charge is 0.254 e. The number of hydrogen-bond acceptors (Lipinski definition) is 4. The molecule has 0 aromatic heterocycles. The zero-order valence-corrected chi connectivity index (χ0v) is 15.1. The molecule has 2 aliphatic rings. The van der Waals surface area contributed by atoms with Gasteiger partial charge in [-0.1, -0.05) is 6.92 Å². The van der Waals surface area contributed by atoms with Crippen LogP contribution in [-0.4, -0.2) is 67.6 Å². The molecule has 6 heteroatoms. The summed E-state index contributed by atoms with van der Waals surface area (Å²) in [6, 6.07) is 4.98. The van der Waals surface area contributed by atoms with Crippen LogP contribution in [0.5, 0.6) is 0 Å². The second-order valence-electron chi connectivity index (χ2n) is 6.97. The van der Waals surface area contributed by atoms with Crippen molar-refractivity contribution in [3.63, 3.8) is 0 Å². The molecule has 0 radical (unpaired) electrons. The Morgan fingerprint density at radius 3 is 2.60 bits per heavy atom. The summed E-state index contributed by atoms with van der Waals surface area (Å²) in [6.45, 7) is 7.88. The van der Waals surface area contributed by atoms with E-state index in [1.165, 1.54) is 6.07 Å². The molecule has 0 spiro atoms. The van der Waals surface area contributed by atoms with Crippen molar-refractivity contribution in [2.45, 2.75) is 32.2 Å². The summed E-state index contributed by atoms with van der Waals surface area (Å²) < 4.78 is 14.7. The third-order valence-corrected chi connectivity index (χ3v) is 5.51. The predicted molar refractivity (Wildman–Crippen MR) is 98.5 cm³/mol. The van der Waals surface area contributed by atoms with Gasteiger partial charge in [0.2, 0.25) is 0 Å². The van der Waals surface area contributed by atoms with Gasteiger partial charge in [0.1, 0.15) is 5.82 Å². The van der Waals surface area contributed by atoms with Crippen LogP contribution in [0.25, 0.3) is 0 Å². The molecule has 2 aliphatic heterocycles. The van der Waals surface area contributed by atoms with Crippen LogP contribution in [0, 0.1) is 5.82 Å². The average molecular weight is 348 g/mol. The first kappa shape index (κ1) is 18.1. The standard InChI is InChI=1S/C19H29FN4O/c1-2-22-9-11-23(12-10-22)18-7-6-15(13-17(18)20)19(25)24-8-4-3-5-16(24)14-21/h6-7,13,16H,2-5,8-12,14,21H2,1H3/t16-/m0/s1. The first-order valence-corrected chi connectivity index (χ1v) is 9.42. The van der Waals surface area contributed by atoms with Crippen LogP contribution >= 0.6 is 0 Å². The quantitative estimate of drug-likeness (QED) is 0.903. The van der Waals surface area contributed by atoms with Gasteiger partial charge in [-0.2, -0.15) is 0 Å². The van der Waals surface area contributed by atoms with E-state index in [0.717, 1.165) is 52.0 Å². The lowest BCUT2D eigenvalue weighted by molar-refractivity contribution is 0.0623. The minimum absolute atomic E-state index is 0.0751. The van der Waals surface area contributed by atoms with E-state index in [2.05, 4.69) is 16.7 Å². The summed E-state index contributed by atoms with van der Waals surface area (Å²) in [5, 5.41) is 0. The second-order valence-corrected chi connectivity index (χ2v) is 6.97. The van der Waals surface area contributed by atoms with E-state index in [0.29, 0.717) is 24.3 Å². The number of nitrogens with two attached hydrogens (primary N) is 1. The molecular weight excluding hydrogens is 319 g/mol. The Hall–Kier alpha value is -1.66. The molecule has 3 rings (SSSR count). The van der Waals surface area contributed by atoms with Crippen molar-refractivity contribution in [2.75, 3.05) is 50.7 Å². The molecule has 0 saturated carbocycles. The number of nitrogens with zero attached hydrogens (tertiary/aromatic N) is 3. The summed E-state index contributed by atoms with van der Waals surface area (Å²) in [7, 11) is 0. The first-order valence-electron chi connectivity index (χ1n) is 9.42. The van der Waals surface area contributed by atoms with Gasteiger partial charge >= 0.3 is 0 Å². The third-order valence-electron chi connectivity index (χ3n) is 5.51. The van der Waals surface area contributed by atoms with Crippen molar-refractivity contribution in [2.24, 2.45) is 5.73 Å². The maximum absolute atomic E-state index is 14.7. The molecule has 25 heavy (non-hydrogen) atoms. The summed E-state index contributed by atoms with van der Waals surface area (Å²) in [5.41, 5.74) is 6.83. The zero-order chi connectivity index (χ0) is 17.8. The highest BCUT2D eigenvalue weighted by Gasteiger charge is 2.27. The van der Waals surface area contributed by atoms with Crippen LogP contribution in [0.4, 0.5) is 10.1 Å². The molecule has 1 aromatic rings. The van der Waals surface area contributed by atoms with Crippen molar-refractivity contribution in [1.82, 2.24) is 9.80 Å². The zero-order valence-electron chi connectivity index (χ0n) is 15.1. The second kappa shape index (κ2) is 8.15. The van der Waals surface area contributed by atoms with Gasteiger partial charge in [-0.25, -0.2) is 4.39 Å². The van der Waals surface area contributed by atoms with Gasteiger partial charge in [0.15, 0.2) is 0 Å². The number of likely N-dealkylation sites (tertiary alicyclic amines) is 1. The Bertz CT molecular complexity index is 601. The molecule has 0 unspecified atom stereocenters. The largest absolute Gasteiger partial charge is 0.367 e. The van der Waals surface area contributed by atoms with E-state index >= 15 is 0 Å². The van der Waals surface area contributed by atoms with E-state index in [9.17, 15) is 9.18 Å². The number of amides is 1. The monoisotopic (exact) mass is 348 g/mol. The van der Waals surface area contributed by atoms with Crippen LogP contribution < -0.4 is 10.6 Å². The summed E-state index contributed by atoms with van der Waals surface area (Å²) in [4.78, 5) is 19.0. The Morgan fingerprint density at radius 2 is 1.96 bits per heavy atom. The number of likely N-dealkylation sites (N-methyl/N-ethyl adjacent to an activating group) is 1. The number of anilines is 1. The van der Waals surface area contributed by atoms with E-state index < -0.39 is 0 Å². The Balaban J connectivity index is 1.72. The van der Waals surface area contributed by atoms with Crippen molar-refractivity contribution in [3.8, 4) is 0 Å². The van der Waals surface area contributed by atoms with Gasteiger partial charge < -0.3 is 20.4 Å². The number of carbonyl (C=O) groups is 1. The maximum atomic E-state index is 14.7. The van der Waals surface area contributed by atoms with Gasteiger partial charge in [0.05, 0.1) is 5.69 Å².